The predicted octanol–water partition coefficient (Wildman–Crippen LogP) is 2.68. The van der Waals surface area contributed by atoms with Gasteiger partial charge in [-0.3, -0.25) is 0 Å². The van der Waals surface area contributed by atoms with Crippen LogP contribution in [-0.4, -0.2) is 23.0 Å². The Balaban J connectivity index is 2.58. The van der Waals surface area contributed by atoms with Gasteiger partial charge in [0.2, 0.25) is 5.79 Å². The van der Waals surface area contributed by atoms with E-state index in [1.165, 1.54) is 0 Å². The number of nitrogens with zero attached hydrogens (tertiary/aromatic N) is 3. The molecule has 6 nitrogen and oxygen atoms in total. The number of rotatable bonds is 2. The molecular weight excluding hydrogens is 246 g/mol. The fourth-order valence-corrected chi connectivity index (χ4v) is 2.35. The van der Waals surface area contributed by atoms with Gasteiger partial charge in [0.05, 0.1) is 6.10 Å². The quantitative estimate of drug-likeness (QED) is 0.505. The summed E-state index contributed by atoms with van der Waals surface area (Å²) in [6, 6.07) is 8.88. The Bertz CT molecular complexity index is 503. The Morgan fingerprint density at radius 3 is 2.53 bits per heavy atom. The maximum atomic E-state index is 11.0. The van der Waals surface area contributed by atoms with Gasteiger partial charge in [-0.2, -0.15) is 0 Å². The molecule has 0 spiro atoms. The molecule has 1 N–H and O–H groups in total. The molecule has 6 heteroatoms. The summed E-state index contributed by atoms with van der Waals surface area (Å²) in [7, 11) is 0. The highest BCUT2D eigenvalue weighted by molar-refractivity contribution is 5.26. The van der Waals surface area contributed by atoms with Crippen LogP contribution in [0.25, 0.3) is 10.4 Å². The molecule has 0 aliphatic carbocycles. The molecule has 1 fully saturated rings. The minimum absolute atomic E-state index is 0.489. The van der Waals surface area contributed by atoms with Crippen LogP contribution in [0.3, 0.4) is 0 Å². The first-order valence-electron chi connectivity index (χ1n) is 6.11. The molecular formula is C13H17N3O3. The first-order valence-corrected chi connectivity index (χ1v) is 6.11. The lowest BCUT2D eigenvalue weighted by Crippen LogP contribution is -2.62. The Morgan fingerprint density at radius 1 is 1.32 bits per heavy atom. The van der Waals surface area contributed by atoms with Crippen LogP contribution >= 0.6 is 0 Å². The zero-order chi connectivity index (χ0) is 14.1. The minimum atomic E-state index is -1.72. The van der Waals surface area contributed by atoms with Crippen LogP contribution < -0.4 is 0 Å². The Morgan fingerprint density at radius 2 is 1.95 bits per heavy atom. The second-order valence-electron chi connectivity index (χ2n) is 4.81. The summed E-state index contributed by atoms with van der Waals surface area (Å²) in [6.07, 6.45) is -1.08. The van der Waals surface area contributed by atoms with Crippen LogP contribution in [0.15, 0.2) is 35.4 Å². The van der Waals surface area contributed by atoms with Crippen molar-refractivity contribution in [3.8, 4) is 0 Å². The van der Waals surface area contributed by atoms with Gasteiger partial charge >= 0.3 is 0 Å². The van der Waals surface area contributed by atoms with E-state index in [-0.39, 0.29) is 0 Å². The molecule has 1 aliphatic rings. The van der Waals surface area contributed by atoms with Crippen LogP contribution in [0.5, 0.6) is 0 Å². The lowest BCUT2D eigenvalue weighted by molar-refractivity contribution is -0.382. The topological polar surface area (TPSA) is 87.5 Å². The maximum Gasteiger partial charge on any atom is 0.208 e. The van der Waals surface area contributed by atoms with Crippen molar-refractivity contribution in [3.05, 3.63) is 46.3 Å². The molecule has 4 atom stereocenters. The van der Waals surface area contributed by atoms with E-state index in [9.17, 15) is 5.11 Å². The van der Waals surface area contributed by atoms with Crippen molar-refractivity contribution in [2.75, 3.05) is 0 Å². The highest BCUT2D eigenvalue weighted by Gasteiger charge is 2.57. The number of aliphatic hydroxyl groups is 1. The van der Waals surface area contributed by atoms with Crippen LogP contribution in [-0.2, 0) is 15.3 Å². The Hall–Kier alpha value is -1.59. The van der Waals surface area contributed by atoms with E-state index in [1.54, 1.807) is 45.0 Å². The van der Waals surface area contributed by atoms with Gasteiger partial charge in [0.15, 0.2) is 6.29 Å². The van der Waals surface area contributed by atoms with Crippen molar-refractivity contribution in [2.24, 2.45) is 5.11 Å². The van der Waals surface area contributed by atoms with E-state index in [0.717, 1.165) is 0 Å². The number of hydrogen-bond donors (Lipinski definition) is 1. The van der Waals surface area contributed by atoms with Gasteiger partial charge in [-0.1, -0.05) is 35.4 Å². The summed E-state index contributed by atoms with van der Waals surface area (Å²) in [4.78, 5) is 2.83. The number of azide groups is 1. The second-order valence-corrected chi connectivity index (χ2v) is 4.81. The molecule has 0 saturated carbocycles. The monoisotopic (exact) mass is 263 g/mol. The largest absolute Gasteiger partial charge is 0.361 e. The molecule has 0 radical (unpaired) electrons. The van der Waals surface area contributed by atoms with Crippen molar-refractivity contribution in [3.63, 3.8) is 0 Å². The molecule has 1 aromatic rings. The lowest BCUT2D eigenvalue weighted by Gasteiger charge is -2.50. The molecule has 1 heterocycles. The highest BCUT2D eigenvalue weighted by atomic mass is 16.8. The molecule has 102 valence electrons. The minimum Gasteiger partial charge on any atom is -0.361 e. The maximum absolute atomic E-state index is 11.0. The zero-order valence-electron chi connectivity index (χ0n) is 11.1. The van der Waals surface area contributed by atoms with E-state index >= 15 is 0 Å². The SMILES string of the molecule is C[C@@H]1O[C@H](C)[C@@](C)(N=[N+]=[N-])[C@](O)(c2ccccc2)O1. The molecule has 1 aliphatic heterocycles. The third-order valence-corrected chi connectivity index (χ3v) is 3.63. The Labute approximate surface area is 111 Å². The summed E-state index contributed by atoms with van der Waals surface area (Å²) in [5.41, 5.74) is 8.06. The molecule has 1 aromatic carbocycles. The Kier molecular flexibility index (Phi) is 3.52. The van der Waals surface area contributed by atoms with Crippen LogP contribution in [0.1, 0.15) is 26.3 Å². The van der Waals surface area contributed by atoms with Crippen molar-refractivity contribution >= 4 is 0 Å². The summed E-state index contributed by atoms with van der Waals surface area (Å²) < 4.78 is 11.1. The second kappa shape index (κ2) is 4.83. The van der Waals surface area contributed by atoms with Gasteiger partial charge in [0.1, 0.15) is 5.54 Å². The van der Waals surface area contributed by atoms with E-state index in [2.05, 4.69) is 10.0 Å². The lowest BCUT2D eigenvalue weighted by atomic mass is 9.81. The molecule has 0 amide bonds. The zero-order valence-corrected chi connectivity index (χ0v) is 11.1. The van der Waals surface area contributed by atoms with Crippen molar-refractivity contribution in [2.45, 2.75) is 44.5 Å². The highest BCUT2D eigenvalue weighted by Crippen LogP contribution is 2.45. The summed E-state index contributed by atoms with van der Waals surface area (Å²) in [5, 5.41) is 14.7. The number of benzene rings is 1. The average Bonchev–Trinajstić information content (AvgIpc) is 2.38. The molecule has 1 saturated heterocycles. The van der Waals surface area contributed by atoms with Crippen molar-refractivity contribution in [1.29, 1.82) is 0 Å². The smallest absolute Gasteiger partial charge is 0.208 e. The summed E-state index contributed by atoms with van der Waals surface area (Å²) in [5.74, 6) is -1.72. The van der Waals surface area contributed by atoms with E-state index in [0.29, 0.717) is 5.56 Å². The van der Waals surface area contributed by atoms with Crippen molar-refractivity contribution < 1.29 is 14.6 Å². The molecule has 19 heavy (non-hydrogen) atoms. The fraction of sp³-hybridized carbons (Fsp3) is 0.538. The van der Waals surface area contributed by atoms with E-state index in [4.69, 9.17) is 15.0 Å². The summed E-state index contributed by atoms with van der Waals surface area (Å²) >= 11 is 0. The molecule has 0 unspecified atom stereocenters. The van der Waals surface area contributed by atoms with Gasteiger partial charge in [-0.15, -0.1) is 0 Å². The van der Waals surface area contributed by atoms with Crippen LogP contribution in [0.4, 0.5) is 0 Å². The van der Waals surface area contributed by atoms with Gasteiger partial charge < -0.3 is 14.6 Å². The van der Waals surface area contributed by atoms with E-state index in [1.807, 2.05) is 6.07 Å². The number of hydrogen-bond acceptors (Lipinski definition) is 4. The van der Waals surface area contributed by atoms with Crippen LogP contribution in [0, 0.1) is 0 Å². The first-order chi connectivity index (χ1) is 8.94. The van der Waals surface area contributed by atoms with Crippen LogP contribution in [0.2, 0.25) is 0 Å². The standard InChI is InChI=1S/C13H17N3O3/c1-9-12(3,15-16-14)13(17,19-10(2)18-9)11-7-5-4-6-8-11/h4-10,17H,1-3H3/t9-,10-,12-,13+/m1/s1. The number of ether oxygens (including phenoxy) is 2. The fourth-order valence-electron chi connectivity index (χ4n) is 2.35. The molecule has 2 rings (SSSR count). The normalized spacial score (nSPS) is 38.5. The van der Waals surface area contributed by atoms with Gasteiger partial charge in [0.25, 0.3) is 0 Å². The van der Waals surface area contributed by atoms with Gasteiger partial charge in [0, 0.05) is 10.5 Å². The third-order valence-electron chi connectivity index (χ3n) is 3.63. The molecule has 0 aromatic heterocycles. The van der Waals surface area contributed by atoms with Crippen molar-refractivity contribution in [1.82, 2.24) is 0 Å². The van der Waals surface area contributed by atoms with Gasteiger partial charge in [-0.25, -0.2) is 0 Å². The third kappa shape index (κ3) is 2.09. The first kappa shape index (κ1) is 13.8. The van der Waals surface area contributed by atoms with E-state index < -0.39 is 23.7 Å². The predicted molar refractivity (Wildman–Crippen MR) is 69.0 cm³/mol. The summed E-state index contributed by atoms with van der Waals surface area (Å²) in [6.45, 7) is 5.07. The molecule has 0 bridgehead atoms. The average molecular weight is 263 g/mol. The van der Waals surface area contributed by atoms with Gasteiger partial charge in [-0.05, 0) is 26.3 Å².